The summed E-state index contributed by atoms with van der Waals surface area (Å²) in [5, 5.41) is 9.45. The van der Waals surface area contributed by atoms with Crippen molar-refractivity contribution in [2.24, 2.45) is 4.99 Å². The molecule has 2 heterocycles. The van der Waals surface area contributed by atoms with Gasteiger partial charge in [0.05, 0.1) is 39.1 Å². The summed E-state index contributed by atoms with van der Waals surface area (Å²) in [4.78, 5) is 4.81. The Hall–Kier alpha value is -1.86. The number of nitrogens with zero attached hydrogens (tertiary/aromatic N) is 3. The molecule has 0 radical (unpaired) electrons. The standard InChI is InChI=1S/C21H25N3O2S/c25-14-16-26-15-13-23-9-11-24(12-10-23)21-17-5-1-3-7-19(17)27-20-8-4-2-6-18(20)22-21/h1-8,25H,9-16H2/i9D2,10D2,11D2,12D2,13D2,14D2,15D2,16D2. The fourth-order valence-electron chi connectivity index (χ4n) is 2.37. The number of aliphatic hydroxyl groups is 1. The van der Waals surface area contributed by atoms with Crippen molar-refractivity contribution in [3.63, 3.8) is 0 Å². The van der Waals surface area contributed by atoms with Gasteiger partial charge in [-0.25, -0.2) is 4.99 Å². The Kier molecular flexibility index (Phi) is 2.47. The Bertz CT molecular complexity index is 1420. The van der Waals surface area contributed by atoms with Gasteiger partial charge in [-0.15, -0.1) is 0 Å². The topological polar surface area (TPSA) is 48.3 Å². The van der Waals surface area contributed by atoms with Crippen LogP contribution in [0.3, 0.4) is 0 Å². The average Bonchev–Trinajstić information content (AvgIpc) is 2.97. The van der Waals surface area contributed by atoms with E-state index in [-0.39, 0.29) is 16.2 Å². The lowest BCUT2D eigenvalue weighted by Crippen LogP contribution is -2.49. The second-order valence-corrected chi connectivity index (χ2v) is 6.23. The molecule has 1 saturated heterocycles. The highest BCUT2D eigenvalue weighted by Gasteiger charge is 2.24. The molecule has 6 heteroatoms. The lowest BCUT2D eigenvalue weighted by atomic mass is 10.1. The Morgan fingerprint density at radius 2 is 1.78 bits per heavy atom. The van der Waals surface area contributed by atoms with Gasteiger partial charge in [-0.3, -0.25) is 4.90 Å². The molecule has 0 spiro atoms. The second kappa shape index (κ2) is 8.89. The summed E-state index contributed by atoms with van der Waals surface area (Å²) in [6.07, 6.45) is 0. The molecule has 0 atom stereocenters. The Balaban J connectivity index is 1.95. The molecule has 5 nitrogen and oxygen atoms in total. The van der Waals surface area contributed by atoms with Crippen LogP contribution in [-0.4, -0.2) is 72.9 Å². The van der Waals surface area contributed by atoms with Crippen molar-refractivity contribution in [1.82, 2.24) is 9.80 Å². The van der Waals surface area contributed by atoms with Crippen LogP contribution in [0.25, 0.3) is 0 Å². The predicted molar refractivity (Wildman–Crippen MR) is 109 cm³/mol. The van der Waals surface area contributed by atoms with Crippen LogP contribution < -0.4 is 0 Å². The summed E-state index contributed by atoms with van der Waals surface area (Å²) in [5.41, 5.74) is 0.311. The Morgan fingerprint density at radius 3 is 2.59 bits per heavy atom. The van der Waals surface area contributed by atoms with Gasteiger partial charge in [0, 0.05) is 56.1 Å². The van der Waals surface area contributed by atoms with Gasteiger partial charge in [0.15, 0.2) is 0 Å². The van der Waals surface area contributed by atoms with Gasteiger partial charge >= 0.3 is 0 Å². The largest absolute Gasteiger partial charge is 0.394 e. The van der Waals surface area contributed by atoms with E-state index >= 15 is 0 Å². The first kappa shape index (κ1) is 7.52. The van der Waals surface area contributed by atoms with E-state index in [1.807, 2.05) is 0 Å². The third-order valence-corrected chi connectivity index (χ3v) is 4.64. The third kappa shape index (κ3) is 4.35. The monoisotopic (exact) mass is 399 g/mol. The van der Waals surface area contributed by atoms with E-state index in [0.717, 1.165) is 0 Å². The molecule has 27 heavy (non-hydrogen) atoms. The SMILES string of the molecule is [2H]C([2H])(O)C([2H])([2H])OC([2H])([2H])C([2H])([2H])N1C([2H])([2H])C([2H])([2H])N(C2=Nc3ccccc3Sc3ccccc32)C([2H])([2H])C1([2H])[2H]. The van der Waals surface area contributed by atoms with Crippen molar-refractivity contribution in [3.8, 4) is 0 Å². The van der Waals surface area contributed by atoms with Crippen molar-refractivity contribution >= 4 is 23.3 Å². The highest BCUT2D eigenvalue weighted by Crippen LogP contribution is 2.40. The highest BCUT2D eigenvalue weighted by atomic mass is 32.2. The summed E-state index contributed by atoms with van der Waals surface area (Å²) < 4.78 is 136. The molecule has 142 valence electrons. The number of ether oxygens (including phenoxy) is 1. The minimum absolute atomic E-state index is 0.0940. The minimum Gasteiger partial charge on any atom is -0.394 e. The Morgan fingerprint density at radius 1 is 1.04 bits per heavy atom. The van der Waals surface area contributed by atoms with Crippen molar-refractivity contribution in [3.05, 3.63) is 54.1 Å². The molecule has 0 aliphatic carbocycles. The predicted octanol–water partition coefficient (Wildman–Crippen LogP) is 2.86. The molecule has 4 rings (SSSR count). The zero-order valence-corrected chi connectivity index (χ0v) is 14.5. The maximum Gasteiger partial charge on any atom is 0.137 e. The van der Waals surface area contributed by atoms with Gasteiger partial charge in [-0.1, -0.05) is 42.1 Å². The van der Waals surface area contributed by atoms with Crippen LogP contribution in [0, 0.1) is 0 Å². The highest BCUT2D eigenvalue weighted by molar-refractivity contribution is 7.99. The number of piperazine rings is 1. The van der Waals surface area contributed by atoms with E-state index in [4.69, 9.17) is 21.9 Å². The lowest BCUT2D eigenvalue weighted by molar-refractivity contribution is 0.0652. The van der Waals surface area contributed by atoms with Crippen LogP contribution >= 0.6 is 11.8 Å². The number of para-hydroxylation sites is 1. The number of amidine groups is 1. The molecule has 2 aliphatic rings. The fraction of sp³-hybridized carbons (Fsp3) is 0.381. The number of aliphatic imine (C=N–C) groups is 1. The van der Waals surface area contributed by atoms with Gasteiger partial charge in [0.2, 0.25) is 0 Å². The van der Waals surface area contributed by atoms with Crippen LogP contribution in [0.4, 0.5) is 5.69 Å². The second-order valence-electron chi connectivity index (χ2n) is 5.15. The average molecular weight is 400 g/mol. The number of hydrogen-bond donors (Lipinski definition) is 1. The van der Waals surface area contributed by atoms with Crippen LogP contribution in [0.2, 0.25) is 0 Å². The number of rotatable bonds is 5. The lowest BCUT2D eigenvalue weighted by Gasteiger charge is -2.36. The van der Waals surface area contributed by atoms with E-state index in [0.29, 0.717) is 9.79 Å². The van der Waals surface area contributed by atoms with Gasteiger partial charge in [0.1, 0.15) is 5.84 Å². The van der Waals surface area contributed by atoms with E-state index in [1.165, 1.54) is 30.0 Å². The summed E-state index contributed by atoms with van der Waals surface area (Å²) >= 11 is 1.19. The van der Waals surface area contributed by atoms with Crippen molar-refractivity contribution < 1.29 is 31.8 Å². The Labute approximate surface area is 187 Å². The van der Waals surface area contributed by atoms with E-state index in [9.17, 15) is 5.11 Å². The van der Waals surface area contributed by atoms with Crippen LogP contribution in [0.5, 0.6) is 0 Å². The molecule has 1 fully saturated rings. The maximum atomic E-state index is 9.45. The number of benzene rings is 2. The van der Waals surface area contributed by atoms with Crippen molar-refractivity contribution in [2.45, 2.75) is 9.79 Å². The van der Waals surface area contributed by atoms with Gasteiger partial charge < -0.3 is 14.7 Å². The molecule has 0 unspecified atom stereocenters. The molecular formula is C21H25N3O2S. The van der Waals surface area contributed by atoms with Gasteiger partial charge in [0.25, 0.3) is 0 Å². The molecule has 0 aromatic heterocycles. The molecule has 2 aromatic rings. The van der Waals surface area contributed by atoms with Gasteiger partial charge in [-0.2, -0.15) is 0 Å². The normalized spacial score (nSPS) is 35.4. The first-order valence-corrected chi connectivity index (χ1v) is 8.55. The van der Waals surface area contributed by atoms with Gasteiger partial charge in [-0.05, 0) is 18.2 Å². The molecule has 1 N–H and O–H groups in total. The smallest absolute Gasteiger partial charge is 0.137 e. The zero-order valence-electron chi connectivity index (χ0n) is 29.7. The van der Waals surface area contributed by atoms with Crippen molar-refractivity contribution in [2.75, 3.05) is 52.2 Å². The zero-order chi connectivity index (χ0) is 32.8. The van der Waals surface area contributed by atoms with Crippen LogP contribution in [-0.2, 0) is 4.74 Å². The third-order valence-electron chi connectivity index (χ3n) is 3.50. The molecule has 0 bridgehead atoms. The first-order chi connectivity index (χ1) is 19.2. The first-order valence-electron chi connectivity index (χ1n) is 15.7. The van der Waals surface area contributed by atoms with E-state index < -0.39 is 62.9 Å². The fourth-order valence-corrected chi connectivity index (χ4v) is 3.39. The maximum absolute atomic E-state index is 9.45. The molecular weight excluding hydrogens is 358 g/mol. The summed E-state index contributed by atoms with van der Waals surface area (Å²) in [6, 6.07) is 12.7. The minimum atomic E-state index is -4.25. The summed E-state index contributed by atoms with van der Waals surface area (Å²) in [6.45, 7) is -31.8. The molecule has 2 aliphatic heterocycles. The summed E-state index contributed by atoms with van der Waals surface area (Å²) in [5.74, 6) is -0.542. The van der Waals surface area contributed by atoms with Crippen LogP contribution in [0.1, 0.15) is 27.5 Å². The summed E-state index contributed by atoms with van der Waals surface area (Å²) in [7, 11) is 0. The van der Waals surface area contributed by atoms with E-state index in [2.05, 4.69) is 9.73 Å². The van der Waals surface area contributed by atoms with E-state index in [1.54, 1.807) is 30.3 Å². The van der Waals surface area contributed by atoms with Crippen LogP contribution in [0.15, 0.2) is 63.3 Å². The molecule has 0 amide bonds. The molecule has 0 saturated carbocycles. The number of hydrogen-bond acceptors (Lipinski definition) is 6. The quantitative estimate of drug-likeness (QED) is 0.838. The number of fused-ring (bicyclic) bond motifs is 2. The van der Waals surface area contributed by atoms with Crippen molar-refractivity contribution in [1.29, 1.82) is 0 Å². The molecule has 2 aromatic carbocycles.